The van der Waals surface area contributed by atoms with Gasteiger partial charge in [-0.2, -0.15) is 0 Å². The highest BCUT2D eigenvalue weighted by Gasteiger charge is 2.23. The Morgan fingerprint density at radius 1 is 1.48 bits per heavy atom. The molecule has 2 rings (SSSR count). The van der Waals surface area contributed by atoms with Crippen molar-refractivity contribution < 1.29 is 13.9 Å². The summed E-state index contributed by atoms with van der Waals surface area (Å²) in [4.78, 5) is 13.2. The van der Waals surface area contributed by atoms with E-state index in [9.17, 15) is 9.18 Å². The Hall–Kier alpha value is -1.98. The Bertz CT molecular complexity index is 534. The number of hydrogen-bond acceptors (Lipinski definition) is 4. The first-order chi connectivity index (χ1) is 9.86. The van der Waals surface area contributed by atoms with Gasteiger partial charge in [-0.3, -0.25) is 4.79 Å². The van der Waals surface area contributed by atoms with Crippen LogP contribution in [-0.4, -0.2) is 36.5 Å². The molecule has 6 heteroatoms. The van der Waals surface area contributed by atoms with E-state index in [0.29, 0.717) is 24.3 Å². The molecule has 0 saturated carbocycles. The molecule has 1 aliphatic rings. The van der Waals surface area contributed by atoms with Crippen LogP contribution < -0.4 is 15.8 Å². The Morgan fingerprint density at radius 3 is 2.81 bits per heavy atom. The number of nitrogen functional groups attached to an aromatic ring is 1. The zero-order valence-electron chi connectivity index (χ0n) is 12.6. The van der Waals surface area contributed by atoms with Crippen molar-refractivity contribution in [2.75, 3.05) is 24.6 Å². The summed E-state index contributed by atoms with van der Waals surface area (Å²) in [5, 5.41) is 3.28. The van der Waals surface area contributed by atoms with Crippen molar-refractivity contribution >= 4 is 17.3 Å². The number of halogens is 1. The number of anilines is 2. The molecule has 0 spiro atoms. The number of nitrogens with one attached hydrogen (secondary N) is 1. The maximum absolute atomic E-state index is 13.8. The summed E-state index contributed by atoms with van der Waals surface area (Å²) in [5.41, 5.74) is 6.84. The van der Waals surface area contributed by atoms with Crippen molar-refractivity contribution in [3.8, 4) is 5.75 Å². The minimum absolute atomic E-state index is 0.104. The second kappa shape index (κ2) is 6.20. The van der Waals surface area contributed by atoms with Crippen LogP contribution in [0.2, 0.25) is 0 Å². The first-order valence-corrected chi connectivity index (χ1v) is 7.13. The molecule has 1 aromatic rings. The van der Waals surface area contributed by atoms with E-state index in [1.807, 2.05) is 13.8 Å². The van der Waals surface area contributed by atoms with Gasteiger partial charge in [-0.05, 0) is 20.3 Å². The van der Waals surface area contributed by atoms with Gasteiger partial charge in [0.2, 0.25) is 5.91 Å². The van der Waals surface area contributed by atoms with Gasteiger partial charge in [-0.15, -0.1) is 0 Å². The average Bonchev–Trinajstić information content (AvgIpc) is 2.39. The fraction of sp³-hybridized carbons (Fsp3) is 0.533. The van der Waals surface area contributed by atoms with Crippen LogP contribution in [-0.2, 0) is 4.79 Å². The number of nitrogens with two attached hydrogens (primary N) is 1. The molecule has 1 aromatic carbocycles. The predicted octanol–water partition coefficient (Wildman–Crippen LogP) is 2.23. The second-order valence-corrected chi connectivity index (χ2v) is 5.69. The Balaban J connectivity index is 2.14. The quantitative estimate of drug-likeness (QED) is 0.836. The number of benzene rings is 1. The van der Waals surface area contributed by atoms with E-state index in [1.165, 1.54) is 6.07 Å². The Labute approximate surface area is 124 Å². The van der Waals surface area contributed by atoms with Gasteiger partial charge in [0.25, 0.3) is 0 Å². The molecule has 1 saturated heterocycles. The van der Waals surface area contributed by atoms with Gasteiger partial charge in [0.05, 0.1) is 17.5 Å². The summed E-state index contributed by atoms with van der Waals surface area (Å²) in [6.07, 6.45) is 1.12. The van der Waals surface area contributed by atoms with Gasteiger partial charge >= 0.3 is 0 Å². The van der Waals surface area contributed by atoms with Crippen molar-refractivity contribution in [1.82, 2.24) is 4.90 Å². The van der Waals surface area contributed by atoms with Crippen LogP contribution in [0.3, 0.4) is 0 Å². The number of carbonyl (C=O) groups excluding carboxylic acids is 1. The summed E-state index contributed by atoms with van der Waals surface area (Å²) < 4.78 is 19.2. The topological polar surface area (TPSA) is 67.6 Å². The average molecular weight is 295 g/mol. The molecule has 1 atom stereocenters. The number of piperidine rings is 1. The van der Waals surface area contributed by atoms with Crippen LogP contribution in [0.15, 0.2) is 12.1 Å². The van der Waals surface area contributed by atoms with E-state index in [1.54, 1.807) is 18.0 Å². The van der Waals surface area contributed by atoms with Crippen molar-refractivity contribution in [3.05, 3.63) is 17.9 Å². The molecule has 1 unspecified atom stereocenters. The summed E-state index contributed by atoms with van der Waals surface area (Å²) >= 11 is 0. The normalized spacial score (nSPS) is 19.0. The highest BCUT2D eigenvalue weighted by molar-refractivity contribution is 5.77. The highest BCUT2D eigenvalue weighted by Crippen LogP contribution is 2.30. The first kappa shape index (κ1) is 15.4. The van der Waals surface area contributed by atoms with Crippen molar-refractivity contribution in [2.24, 2.45) is 0 Å². The van der Waals surface area contributed by atoms with Gasteiger partial charge in [0.1, 0.15) is 0 Å². The van der Waals surface area contributed by atoms with Crippen LogP contribution in [0.4, 0.5) is 15.8 Å². The maximum atomic E-state index is 13.8. The summed E-state index contributed by atoms with van der Waals surface area (Å²) in [6, 6.07) is 2.95. The molecular weight excluding hydrogens is 273 g/mol. The smallest absolute Gasteiger partial charge is 0.222 e. The zero-order chi connectivity index (χ0) is 15.6. The van der Waals surface area contributed by atoms with E-state index >= 15 is 0 Å². The minimum Gasteiger partial charge on any atom is -0.488 e. The summed E-state index contributed by atoms with van der Waals surface area (Å²) in [5.74, 6) is -0.145. The highest BCUT2D eigenvalue weighted by atomic mass is 19.1. The largest absolute Gasteiger partial charge is 0.488 e. The zero-order valence-corrected chi connectivity index (χ0v) is 12.6. The fourth-order valence-corrected chi connectivity index (χ4v) is 2.39. The molecule has 0 aromatic heterocycles. The lowest BCUT2D eigenvalue weighted by Gasteiger charge is -2.31. The lowest BCUT2D eigenvalue weighted by Crippen LogP contribution is -2.43. The van der Waals surface area contributed by atoms with Crippen LogP contribution in [0.5, 0.6) is 5.75 Å². The summed E-state index contributed by atoms with van der Waals surface area (Å²) in [6.45, 7) is 4.28. The third kappa shape index (κ3) is 3.77. The summed E-state index contributed by atoms with van der Waals surface area (Å²) in [7, 11) is 1.78. The van der Waals surface area contributed by atoms with Crippen LogP contribution in [0, 0.1) is 5.82 Å². The lowest BCUT2D eigenvalue weighted by molar-refractivity contribution is -0.132. The van der Waals surface area contributed by atoms with E-state index in [4.69, 9.17) is 10.5 Å². The van der Waals surface area contributed by atoms with Gasteiger partial charge < -0.3 is 20.7 Å². The molecule has 0 bridgehead atoms. The molecule has 5 nitrogen and oxygen atoms in total. The van der Waals surface area contributed by atoms with Crippen molar-refractivity contribution in [2.45, 2.75) is 38.8 Å². The predicted molar refractivity (Wildman–Crippen MR) is 80.9 cm³/mol. The van der Waals surface area contributed by atoms with E-state index < -0.39 is 5.82 Å². The number of amides is 1. The van der Waals surface area contributed by atoms with Gasteiger partial charge in [0.15, 0.2) is 11.6 Å². The van der Waals surface area contributed by atoms with Gasteiger partial charge in [-0.1, -0.05) is 0 Å². The van der Waals surface area contributed by atoms with Crippen molar-refractivity contribution in [3.63, 3.8) is 0 Å². The molecule has 0 aliphatic carbocycles. The number of likely N-dealkylation sites (N-methyl/N-ethyl adjacent to an activating group) is 1. The van der Waals surface area contributed by atoms with E-state index in [2.05, 4.69) is 5.32 Å². The standard InChI is InChI=1S/C15H22FN3O2/c1-9(2)21-14-7-13(12(17)6-11(14)16)18-10-4-5-15(20)19(3)8-10/h6-7,9-10,18H,4-5,8,17H2,1-3H3. The molecule has 21 heavy (non-hydrogen) atoms. The molecule has 116 valence electrons. The maximum Gasteiger partial charge on any atom is 0.222 e. The Kier molecular flexibility index (Phi) is 4.55. The molecule has 1 heterocycles. The first-order valence-electron chi connectivity index (χ1n) is 7.13. The molecule has 0 radical (unpaired) electrons. The van der Waals surface area contributed by atoms with Crippen LogP contribution >= 0.6 is 0 Å². The monoisotopic (exact) mass is 295 g/mol. The van der Waals surface area contributed by atoms with Crippen LogP contribution in [0.25, 0.3) is 0 Å². The number of ether oxygens (including phenoxy) is 1. The van der Waals surface area contributed by atoms with E-state index in [0.717, 1.165) is 6.42 Å². The van der Waals surface area contributed by atoms with Crippen molar-refractivity contribution in [1.29, 1.82) is 0 Å². The molecule has 1 aliphatic heterocycles. The van der Waals surface area contributed by atoms with E-state index in [-0.39, 0.29) is 23.8 Å². The number of carbonyl (C=O) groups is 1. The second-order valence-electron chi connectivity index (χ2n) is 5.69. The number of rotatable bonds is 4. The minimum atomic E-state index is -0.470. The third-order valence-corrected chi connectivity index (χ3v) is 3.45. The molecule has 3 N–H and O–H groups in total. The third-order valence-electron chi connectivity index (χ3n) is 3.45. The number of nitrogens with zero attached hydrogens (tertiary/aromatic N) is 1. The molecular formula is C15H22FN3O2. The molecule has 1 fully saturated rings. The number of likely N-dealkylation sites (tertiary alicyclic amines) is 1. The number of hydrogen-bond donors (Lipinski definition) is 2. The molecule has 1 amide bonds. The fourth-order valence-electron chi connectivity index (χ4n) is 2.39. The Morgan fingerprint density at radius 2 is 2.19 bits per heavy atom. The SMILES string of the molecule is CC(C)Oc1cc(NC2CCC(=O)N(C)C2)c(N)cc1F. The van der Waals surface area contributed by atoms with Crippen LogP contribution in [0.1, 0.15) is 26.7 Å². The lowest BCUT2D eigenvalue weighted by atomic mass is 10.0. The van der Waals surface area contributed by atoms with Gasteiger partial charge in [-0.25, -0.2) is 4.39 Å². The van der Waals surface area contributed by atoms with Gasteiger partial charge in [0, 0.05) is 38.2 Å².